The number of rotatable bonds is 5. The van der Waals surface area contributed by atoms with E-state index in [1.54, 1.807) is 6.92 Å². The van der Waals surface area contributed by atoms with E-state index in [9.17, 15) is 4.79 Å². The molecule has 1 aromatic carbocycles. The molecule has 1 N–H and O–H groups in total. The fraction of sp³-hybridized carbons (Fsp3) is 0.286. The number of aryl methyl sites for hydroxylation is 1. The quantitative estimate of drug-likeness (QED) is 0.646. The zero-order valence-electron chi connectivity index (χ0n) is 10.5. The van der Waals surface area contributed by atoms with Crippen LogP contribution < -0.4 is 5.32 Å². The zero-order valence-corrected chi connectivity index (χ0v) is 10.5. The van der Waals surface area contributed by atoms with Crippen molar-refractivity contribution in [1.29, 1.82) is 0 Å². The Morgan fingerprint density at radius 2 is 2.22 bits per heavy atom. The molecule has 1 amide bonds. The number of fused-ring (bicyclic) bond motifs is 1. The van der Waals surface area contributed by atoms with Crippen LogP contribution in [0.2, 0.25) is 0 Å². The van der Waals surface area contributed by atoms with Gasteiger partial charge in [-0.15, -0.1) is 0 Å². The van der Waals surface area contributed by atoms with Gasteiger partial charge in [-0.3, -0.25) is 4.79 Å². The highest BCUT2D eigenvalue weighted by molar-refractivity contribution is 5.92. The van der Waals surface area contributed by atoms with Crippen LogP contribution in [0, 0.1) is 0 Å². The second-order valence-corrected chi connectivity index (χ2v) is 4.32. The summed E-state index contributed by atoms with van der Waals surface area (Å²) in [6.07, 6.45) is 2.71. The van der Waals surface area contributed by atoms with Gasteiger partial charge in [-0.05, 0) is 25.5 Å². The van der Waals surface area contributed by atoms with Crippen LogP contribution in [0.15, 0.2) is 42.7 Å². The molecule has 18 heavy (non-hydrogen) atoms. The number of para-hydroxylation sites is 2. The Kier molecular flexibility index (Phi) is 3.77. The van der Waals surface area contributed by atoms with E-state index in [1.807, 2.05) is 24.5 Å². The number of benzene rings is 1. The van der Waals surface area contributed by atoms with Crippen LogP contribution in [0.5, 0.6) is 0 Å². The lowest BCUT2D eigenvalue weighted by molar-refractivity contribution is -0.117. The van der Waals surface area contributed by atoms with Gasteiger partial charge in [0, 0.05) is 18.7 Å². The van der Waals surface area contributed by atoms with Crippen LogP contribution in [-0.4, -0.2) is 22.0 Å². The fourth-order valence-corrected chi connectivity index (χ4v) is 1.79. The number of amides is 1. The average Bonchev–Trinajstić information content (AvgIpc) is 2.77. The molecule has 0 bridgehead atoms. The Balaban J connectivity index is 1.87. The largest absolute Gasteiger partial charge is 0.352 e. The Bertz CT molecular complexity index is 571. The molecule has 94 valence electrons. The van der Waals surface area contributed by atoms with Crippen LogP contribution >= 0.6 is 0 Å². The summed E-state index contributed by atoms with van der Waals surface area (Å²) in [4.78, 5) is 15.6. The molecular weight excluding hydrogens is 226 g/mol. The molecule has 0 atom stereocenters. The molecule has 0 aliphatic carbocycles. The van der Waals surface area contributed by atoms with Crippen molar-refractivity contribution in [2.75, 3.05) is 6.54 Å². The standard InChI is InChI=1S/C14H17N3O/c1-11(2)14(18)15-8-5-9-17-10-16-12-6-3-4-7-13(12)17/h3-4,6-7,10H,1,5,8-9H2,2H3,(H,15,18). The number of nitrogens with zero attached hydrogens (tertiary/aromatic N) is 2. The number of carbonyl (C=O) groups is 1. The summed E-state index contributed by atoms with van der Waals surface area (Å²) in [5.74, 6) is -0.0783. The Hall–Kier alpha value is -2.10. The third kappa shape index (κ3) is 2.77. The van der Waals surface area contributed by atoms with Crippen LogP contribution in [0.25, 0.3) is 11.0 Å². The molecule has 1 aromatic heterocycles. The minimum atomic E-state index is -0.0783. The minimum absolute atomic E-state index is 0.0783. The lowest BCUT2D eigenvalue weighted by Crippen LogP contribution is -2.25. The van der Waals surface area contributed by atoms with Crippen molar-refractivity contribution in [2.45, 2.75) is 19.9 Å². The minimum Gasteiger partial charge on any atom is -0.352 e. The zero-order chi connectivity index (χ0) is 13.0. The van der Waals surface area contributed by atoms with Gasteiger partial charge in [0.2, 0.25) is 5.91 Å². The molecule has 0 radical (unpaired) electrons. The monoisotopic (exact) mass is 243 g/mol. The smallest absolute Gasteiger partial charge is 0.246 e. The van der Waals surface area contributed by atoms with Crippen LogP contribution in [-0.2, 0) is 11.3 Å². The van der Waals surface area contributed by atoms with Crippen molar-refractivity contribution in [3.05, 3.63) is 42.7 Å². The molecule has 1 heterocycles. The lowest BCUT2D eigenvalue weighted by Gasteiger charge is -2.06. The van der Waals surface area contributed by atoms with Gasteiger partial charge >= 0.3 is 0 Å². The second kappa shape index (κ2) is 5.49. The lowest BCUT2D eigenvalue weighted by atomic mass is 10.3. The number of nitrogens with one attached hydrogen (secondary N) is 1. The van der Waals surface area contributed by atoms with E-state index in [-0.39, 0.29) is 5.91 Å². The summed E-state index contributed by atoms with van der Waals surface area (Å²) in [5, 5.41) is 2.82. The highest BCUT2D eigenvalue weighted by Crippen LogP contribution is 2.11. The van der Waals surface area contributed by atoms with Crippen LogP contribution in [0.3, 0.4) is 0 Å². The summed E-state index contributed by atoms with van der Waals surface area (Å²) in [6.45, 7) is 6.80. The van der Waals surface area contributed by atoms with Gasteiger partial charge in [0.05, 0.1) is 17.4 Å². The fourth-order valence-electron chi connectivity index (χ4n) is 1.79. The number of hydrogen-bond donors (Lipinski definition) is 1. The highest BCUT2D eigenvalue weighted by atomic mass is 16.1. The molecule has 4 nitrogen and oxygen atoms in total. The van der Waals surface area contributed by atoms with Crippen molar-refractivity contribution < 1.29 is 4.79 Å². The summed E-state index contributed by atoms with van der Waals surface area (Å²) >= 11 is 0. The van der Waals surface area contributed by atoms with E-state index in [2.05, 4.69) is 27.5 Å². The van der Waals surface area contributed by atoms with E-state index in [0.29, 0.717) is 12.1 Å². The third-order valence-electron chi connectivity index (χ3n) is 2.78. The molecular formula is C14H17N3O. The molecule has 2 rings (SSSR count). The molecule has 0 unspecified atom stereocenters. The Morgan fingerprint density at radius 3 is 3.00 bits per heavy atom. The van der Waals surface area contributed by atoms with Gasteiger partial charge in [-0.1, -0.05) is 18.7 Å². The summed E-state index contributed by atoms with van der Waals surface area (Å²) in [7, 11) is 0. The summed E-state index contributed by atoms with van der Waals surface area (Å²) in [6, 6.07) is 8.03. The number of aromatic nitrogens is 2. The maximum atomic E-state index is 11.3. The summed E-state index contributed by atoms with van der Waals surface area (Å²) in [5.41, 5.74) is 2.68. The summed E-state index contributed by atoms with van der Waals surface area (Å²) < 4.78 is 2.10. The molecule has 0 saturated heterocycles. The first-order chi connectivity index (χ1) is 8.68. The van der Waals surface area contributed by atoms with E-state index in [4.69, 9.17) is 0 Å². The second-order valence-electron chi connectivity index (χ2n) is 4.32. The van der Waals surface area contributed by atoms with Crippen molar-refractivity contribution in [1.82, 2.24) is 14.9 Å². The number of carbonyl (C=O) groups excluding carboxylic acids is 1. The Morgan fingerprint density at radius 1 is 1.44 bits per heavy atom. The molecule has 4 heteroatoms. The molecule has 0 fully saturated rings. The van der Waals surface area contributed by atoms with Crippen molar-refractivity contribution in [3.63, 3.8) is 0 Å². The maximum Gasteiger partial charge on any atom is 0.246 e. The average molecular weight is 243 g/mol. The first-order valence-corrected chi connectivity index (χ1v) is 6.02. The van der Waals surface area contributed by atoms with Gasteiger partial charge in [-0.25, -0.2) is 4.98 Å². The molecule has 0 aliphatic heterocycles. The predicted molar refractivity (Wildman–Crippen MR) is 72.2 cm³/mol. The highest BCUT2D eigenvalue weighted by Gasteiger charge is 2.02. The molecule has 0 saturated carbocycles. The van der Waals surface area contributed by atoms with E-state index in [1.165, 1.54) is 0 Å². The van der Waals surface area contributed by atoms with Gasteiger partial charge in [0.1, 0.15) is 0 Å². The van der Waals surface area contributed by atoms with Crippen molar-refractivity contribution in [3.8, 4) is 0 Å². The first-order valence-electron chi connectivity index (χ1n) is 6.02. The number of hydrogen-bond acceptors (Lipinski definition) is 2. The van der Waals surface area contributed by atoms with Crippen molar-refractivity contribution >= 4 is 16.9 Å². The molecule has 0 spiro atoms. The Labute approximate surface area is 106 Å². The topological polar surface area (TPSA) is 46.9 Å². The van der Waals surface area contributed by atoms with E-state index in [0.717, 1.165) is 24.0 Å². The molecule has 2 aromatic rings. The SMILES string of the molecule is C=C(C)C(=O)NCCCn1cnc2ccccc21. The predicted octanol–water partition coefficient (Wildman–Crippen LogP) is 2.12. The first kappa shape index (κ1) is 12.4. The molecule has 0 aliphatic rings. The van der Waals surface area contributed by atoms with Gasteiger partial charge in [-0.2, -0.15) is 0 Å². The van der Waals surface area contributed by atoms with E-state index < -0.39 is 0 Å². The van der Waals surface area contributed by atoms with Gasteiger partial charge in [0.25, 0.3) is 0 Å². The third-order valence-corrected chi connectivity index (χ3v) is 2.78. The van der Waals surface area contributed by atoms with Gasteiger partial charge < -0.3 is 9.88 Å². The van der Waals surface area contributed by atoms with Gasteiger partial charge in [0.15, 0.2) is 0 Å². The normalized spacial score (nSPS) is 10.5. The van der Waals surface area contributed by atoms with Crippen molar-refractivity contribution in [2.24, 2.45) is 0 Å². The maximum absolute atomic E-state index is 11.3. The number of imidazole rings is 1. The van der Waals surface area contributed by atoms with E-state index >= 15 is 0 Å². The van der Waals surface area contributed by atoms with Crippen LogP contribution in [0.4, 0.5) is 0 Å². The van der Waals surface area contributed by atoms with Crippen LogP contribution in [0.1, 0.15) is 13.3 Å².